The molecular weight excluding hydrogens is 272 g/mol. The molecule has 0 fully saturated rings. The number of amides is 2. The lowest BCUT2D eigenvalue weighted by molar-refractivity contribution is 0.255. The van der Waals surface area contributed by atoms with Crippen LogP contribution in [0.5, 0.6) is 0 Å². The van der Waals surface area contributed by atoms with E-state index in [0.29, 0.717) is 10.7 Å². The van der Waals surface area contributed by atoms with Gasteiger partial charge in [0, 0.05) is 16.9 Å². The molecule has 3 nitrogen and oxygen atoms in total. The fraction of sp³-hybridized carbons (Fsp3) is 0.0625. The summed E-state index contributed by atoms with van der Waals surface area (Å²) in [4.78, 5) is 11.7. The lowest BCUT2D eigenvalue weighted by Gasteiger charge is -2.04. The Balaban J connectivity index is 1.87. The number of anilines is 1. The van der Waals surface area contributed by atoms with Crippen LogP contribution < -0.4 is 10.6 Å². The molecule has 0 aliphatic carbocycles. The third kappa shape index (κ3) is 4.44. The highest BCUT2D eigenvalue weighted by molar-refractivity contribution is 6.30. The van der Waals surface area contributed by atoms with Gasteiger partial charge in [-0.1, -0.05) is 47.5 Å². The van der Waals surface area contributed by atoms with Gasteiger partial charge in [0.2, 0.25) is 0 Å². The highest BCUT2D eigenvalue weighted by atomic mass is 35.5. The Morgan fingerprint density at radius 1 is 1.15 bits per heavy atom. The van der Waals surface area contributed by atoms with E-state index in [0.717, 1.165) is 5.56 Å². The van der Waals surface area contributed by atoms with Crippen molar-refractivity contribution >= 4 is 29.4 Å². The van der Waals surface area contributed by atoms with E-state index in [1.165, 1.54) is 5.56 Å². The molecule has 0 bridgehead atoms. The van der Waals surface area contributed by atoms with Crippen molar-refractivity contribution in [3.05, 3.63) is 70.9 Å². The molecule has 2 amide bonds. The molecule has 102 valence electrons. The van der Waals surface area contributed by atoms with Crippen molar-refractivity contribution < 1.29 is 4.79 Å². The maximum atomic E-state index is 11.7. The Bertz CT molecular complexity index is 621. The van der Waals surface area contributed by atoms with Gasteiger partial charge in [-0.3, -0.25) is 0 Å². The molecule has 0 spiro atoms. The smallest absolute Gasteiger partial charge is 0.314 e. The summed E-state index contributed by atoms with van der Waals surface area (Å²) < 4.78 is 0. The number of hydrogen-bond donors (Lipinski definition) is 2. The summed E-state index contributed by atoms with van der Waals surface area (Å²) >= 11 is 5.84. The quantitative estimate of drug-likeness (QED) is 0.860. The Morgan fingerprint density at radius 2 is 1.90 bits per heavy atom. The Hall–Kier alpha value is -2.26. The molecule has 0 aromatic heterocycles. The van der Waals surface area contributed by atoms with E-state index in [1.54, 1.807) is 30.5 Å². The maximum absolute atomic E-state index is 11.7. The van der Waals surface area contributed by atoms with Crippen LogP contribution in [0, 0.1) is 6.92 Å². The fourth-order valence-corrected chi connectivity index (χ4v) is 1.81. The third-order valence-electron chi connectivity index (χ3n) is 2.65. The van der Waals surface area contributed by atoms with Gasteiger partial charge in [-0.15, -0.1) is 0 Å². The summed E-state index contributed by atoms with van der Waals surface area (Å²) in [7, 11) is 0. The molecule has 0 radical (unpaired) electrons. The first-order valence-electron chi connectivity index (χ1n) is 6.20. The van der Waals surface area contributed by atoms with Crippen LogP contribution in [0.1, 0.15) is 11.1 Å². The molecule has 0 aliphatic heterocycles. The zero-order valence-corrected chi connectivity index (χ0v) is 11.8. The number of halogens is 1. The first-order valence-corrected chi connectivity index (χ1v) is 6.57. The number of benzene rings is 2. The van der Waals surface area contributed by atoms with E-state index < -0.39 is 0 Å². The van der Waals surface area contributed by atoms with Crippen molar-refractivity contribution in [2.75, 3.05) is 5.32 Å². The lowest BCUT2D eigenvalue weighted by atomic mass is 10.1. The molecule has 2 aromatic rings. The van der Waals surface area contributed by atoms with E-state index in [1.807, 2.05) is 37.3 Å². The number of carbonyl (C=O) groups excluding carboxylic acids is 1. The zero-order valence-electron chi connectivity index (χ0n) is 11.1. The summed E-state index contributed by atoms with van der Waals surface area (Å²) in [6.45, 7) is 2.03. The van der Waals surface area contributed by atoms with Crippen LogP contribution >= 0.6 is 11.6 Å². The summed E-state index contributed by atoms with van der Waals surface area (Å²) in [5, 5.41) is 5.91. The van der Waals surface area contributed by atoms with Crippen molar-refractivity contribution in [1.82, 2.24) is 5.32 Å². The van der Waals surface area contributed by atoms with Crippen LogP contribution in [0.4, 0.5) is 10.5 Å². The molecular formula is C16H15ClN2O. The number of rotatable bonds is 3. The lowest BCUT2D eigenvalue weighted by Crippen LogP contribution is -2.23. The zero-order chi connectivity index (χ0) is 14.4. The average molecular weight is 287 g/mol. The van der Waals surface area contributed by atoms with Gasteiger partial charge in [-0.25, -0.2) is 4.79 Å². The standard InChI is InChI=1S/C16H15ClN2O/c1-12-5-7-13(8-6-12)9-10-18-16(20)19-15-4-2-3-14(17)11-15/h2-11H,1H3,(H2,18,19,20)/b10-9+. The minimum Gasteiger partial charge on any atom is -0.314 e. The largest absolute Gasteiger partial charge is 0.323 e. The van der Waals surface area contributed by atoms with Gasteiger partial charge >= 0.3 is 6.03 Å². The van der Waals surface area contributed by atoms with Crippen molar-refractivity contribution in [1.29, 1.82) is 0 Å². The average Bonchev–Trinajstić information content (AvgIpc) is 2.41. The predicted molar refractivity (Wildman–Crippen MR) is 83.8 cm³/mol. The van der Waals surface area contributed by atoms with Crippen LogP contribution in [-0.4, -0.2) is 6.03 Å². The van der Waals surface area contributed by atoms with Gasteiger partial charge in [-0.2, -0.15) is 0 Å². The van der Waals surface area contributed by atoms with E-state index in [4.69, 9.17) is 11.6 Å². The number of aryl methyl sites for hydroxylation is 1. The molecule has 0 saturated heterocycles. The van der Waals surface area contributed by atoms with Crippen LogP contribution in [-0.2, 0) is 0 Å². The van der Waals surface area contributed by atoms with E-state index in [-0.39, 0.29) is 6.03 Å². The Labute approximate surface area is 123 Å². The van der Waals surface area contributed by atoms with E-state index >= 15 is 0 Å². The molecule has 0 saturated carbocycles. The number of carbonyl (C=O) groups is 1. The first-order chi connectivity index (χ1) is 9.63. The second-order valence-electron chi connectivity index (χ2n) is 4.35. The molecule has 0 atom stereocenters. The number of urea groups is 1. The van der Waals surface area contributed by atoms with Gasteiger partial charge in [0.25, 0.3) is 0 Å². The van der Waals surface area contributed by atoms with Crippen molar-refractivity contribution in [3.63, 3.8) is 0 Å². The van der Waals surface area contributed by atoms with E-state index in [9.17, 15) is 4.79 Å². The molecule has 20 heavy (non-hydrogen) atoms. The van der Waals surface area contributed by atoms with Gasteiger partial charge < -0.3 is 10.6 Å². The van der Waals surface area contributed by atoms with Gasteiger partial charge in [0.15, 0.2) is 0 Å². The monoisotopic (exact) mass is 286 g/mol. The van der Waals surface area contributed by atoms with Gasteiger partial charge in [0.05, 0.1) is 0 Å². The van der Waals surface area contributed by atoms with Gasteiger partial charge in [0.1, 0.15) is 0 Å². The number of hydrogen-bond acceptors (Lipinski definition) is 1. The third-order valence-corrected chi connectivity index (χ3v) is 2.89. The molecule has 2 aromatic carbocycles. The summed E-state index contributed by atoms with van der Waals surface area (Å²) in [6, 6.07) is 14.7. The predicted octanol–water partition coefficient (Wildman–Crippen LogP) is 4.44. The van der Waals surface area contributed by atoms with Gasteiger partial charge in [-0.05, 0) is 36.8 Å². The molecule has 2 N–H and O–H groups in total. The van der Waals surface area contributed by atoms with Crippen LogP contribution in [0.2, 0.25) is 5.02 Å². The minimum atomic E-state index is -0.310. The fourth-order valence-electron chi connectivity index (χ4n) is 1.62. The summed E-state index contributed by atoms with van der Waals surface area (Å²) in [5.41, 5.74) is 2.88. The van der Waals surface area contributed by atoms with Crippen LogP contribution in [0.25, 0.3) is 6.08 Å². The van der Waals surface area contributed by atoms with Crippen LogP contribution in [0.3, 0.4) is 0 Å². The molecule has 0 heterocycles. The highest BCUT2D eigenvalue weighted by Gasteiger charge is 1.99. The topological polar surface area (TPSA) is 41.1 Å². The first kappa shape index (κ1) is 14.2. The summed E-state index contributed by atoms with van der Waals surface area (Å²) in [5.74, 6) is 0. The Morgan fingerprint density at radius 3 is 2.60 bits per heavy atom. The molecule has 4 heteroatoms. The van der Waals surface area contributed by atoms with Crippen LogP contribution in [0.15, 0.2) is 54.7 Å². The number of nitrogens with one attached hydrogen (secondary N) is 2. The van der Waals surface area contributed by atoms with Crippen molar-refractivity contribution in [2.24, 2.45) is 0 Å². The van der Waals surface area contributed by atoms with E-state index in [2.05, 4.69) is 10.6 Å². The maximum Gasteiger partial charge on any atom is 0.323 e. The minimum absolute atomic E-state index is 0.310. The van der Waals surface area contributed by atoms with Crippen molar-refractivity contribution in [3.8, 4) is 0 Å². The SMILES string of the molecule is Cc1ccc(/C=C/NC(=O)Nc2cccc(Cl)c2)cc1. The molecule has 0 unspecified atom stereocenters. The Kier molecular flexibility index (Phi) is 4.80. The van der Waals surface area contributed by atoms with Crippen molar-refractivity contribution in [2.45, 2.75) is 6.92 Å². The summed E-state index contributed by atoms with van der Waals surface area (Å²) in [6.07, 6.45) is 3.43. The second kappa shape index (κ2) is 6.78. The molecule has 0 aliphatic rings. The normalized spacial score (nSPS) is 10.5. The highest BCUT2D eigenvalue weighted by Crippen LogP contribution is 2.14. The molecule has 2 rings (SSSR count). The second-order valence-corrected chi connectivity index (χ2v) is 4.79.